The third-order valence-corrected chi connectivity index (χ3v) is 6.09. The Labute approximate surface area is 212 Å². The van der Waals surface area contributed by atoms with E-state index in [2.05, 4.69) is 10.6 Å². The molecule has 192 valence electrons. The van der Waals surface area contributed by atoms with E-state index in [-0.39, 0.29) is 6.42 Å². The van der Waals surface area contributed by atoms with Crippen LogP contribution in [-0.2, 0) is 32.0 Å². The van der Waals surface area contributed by atoms with Crippen LogP contribution in [0.25, 0.3) is 0 Å². The van der Waals surface area contributed by atoms with E-state index in [4.69, 9.17) is 4.74 Å². The van der Waals surface area contributed by atoms with E-state index in [0.29, 0.717) is 12.8 Å². The summed E-state index contributed by atoms with van der Waals surface area (Å²) in [4.78, 5) is 53.6. The second kappa shape index (κ2) is 11.8. The van der Waals surface area contributed by atoms with Gasteiger partial charge in [0.1, 0.15) is 17.7 Å². The fourth-order valence-corrected chi connectivity index (χ4v) is 4.42. The van der Waals surface area contributed by atoms with Gasteiger partial charge in [0.15, 0.2) is 0 Å². The molecule has 1 heterocycles. The number of benzene rings is 2. The number of amides is 4. The molecule has 0 saturated carbocycles. The van der Waals surface area contributed by atoms with Crippen LogP contribution in [0, 0.1) is 5.92 Å². The van der Waals surface area contributed by atoms with Crippen LogP contribution in [0.2, 0.25) is 0 Å². The fourth-order valence-electron chi connectivity index (χ4n) is 4.42. The van der Waals surface area contributed by atoms with Crippen molar-refractivity contribution in [1.29, 1.82) is 0 Å². The average molecular weight is 494 g/mol. The molecule has 2 aromatic carbocycles. The van der Waals surface area contributed by atoms with E-state index in [1.165, 1.54) is 7.05 Å². The molecule has 0 unspecified atom stereocenters. The van der Waals surface area contributed by atoms with E-state index in [9.17, 15) is 19.2 Å². The number of hydrogen-bond donors (Lipinski definition) is 2. The molecule has 1 aliphatic heterocycles. The summed E-state index contributed by atoms with van der Waals surface area (Å²) in [6.45, 7) is 5.16. The maximum Gasteiger partial charge on any atom is 0.408 e. The number of hydrogen-bond acceptors (Lipinski definition) is 5. The zero-order chi connectivity index (χ0) is 26.3. The van der Waals surface area contributed by atoms with E-state index < -0.39 is 47.4 Å². The van der Waals surface area contributed by atoms with Crippen LogP contribution in [0.3, 0.4) is 0 Å². The molecule has 0 radical (unpaired) electrons. The largest absolute Gasteiger partial charge is 0.444 e. The summed E-state index contributed by atoms with van der Waals surface area (Å²) in [5.41, 5.74) is 1.17. The van der Waals surface area contributed by atoms with E-state index in [1.807, 2.05) is 60.7 Å². The molecule has 0 aromatic heterocycles. The highest BCUT2D eigenvalue weighted by Gasteiger charge is 2.52. The Balaban J connectivity index is 1.85. The maximum atomic E-state index is 13.6. The molecular weight excluding hydrogens is 458 g/mol. The highest BCUT2D eigenvalue weighted by atomic mass is 16.6. The second-order valence-electron chi connectivity index (χ2n) is 9.97. The predicted octanol–water partition coefficient (Wildman–Crippen LogP) is 3.24. The summed E-state index contributed by atoms with van der Waals surface area (Å²) in [5.74, 6) is -2.29. The number of alkyl carbamates (subject to hydrolysis) is 1. The molecular formula is C28H35N3O5. The number of aryl methyl sites for hydroxylation is 1. The molecule has 4 amide bonds. The number of likely N-dealkylation sites (N-methyl/N-ethyl adjacent to an activating group) is 1. The third kappa shape index (κ3) is 6.93. The Hall–Kier alpha value is -3.68. The summed E-state index contributed by atoms with van der Waals surface area (Å²) in [6.07, 6.45) is 1.14. The smallest absolute Gasteiger partial charge is 0.408 e. The van der Waals surface area contributed by atoms with Gasteiger partial charge < -0.3 is 15.4 Å². The van der Waals surface area contributed by atoms with Gasteiger partial charge in [0.2, 0.25) is 11.8 Å². The normalized spacial score (nSPS) is 18.6. The molecule has 36 heavy (non-hydrogen) atoms. The van der Waals surface area contributed by atoms with Crippen LogP contribution in [0.1, 0.15) is 44.7 Å². The lowest BCUT2D eigenvalue weighted by Gasteiger charge is -2.25. The predicted molar refractivity (Wildman–Crippen MR) is 136 cm³/mol. The fraction of sp³-hybridized carbons (Fsp3) is 0.429. The van der Waals surface area contributed by atoms with Crippen LogP contribution >= 0.6 is 0 Å². The zero-order valence-corrected chi connectivity index (χ0v) is 21.3. The highest BCUT2D eigenvalue weighted by molar-refractivity contribution is 6.10. The number of carbonyl (C=O) groups excluding carboxylic acids is 4. The molecule has 1 fully saturated rings. The van der Waals surface area contributed by atoms with Gasteiger partial charge in [0.25, 0.3) is 5.91 Å². The molecule has 1 aliphatic rings. The van der Waals surface area contributed by atoms with Gasteiger partial charge >= 0.3 is 6.09 Å². The van der Waals surface area contributed by atoms with Crippen molar-refractivity contribution in [2.75, 3.05) is 7.05 Å². The lowest BCUT2D eigenvalue weighted by Crippen LogP contribution is -2.52. The summed E-state index contributed by atoms with van der Waals surface area (Å²) in [5, 5.41) is 5.19. The average Bonchev–Trinajstić information content (AvgIpc) is 3.06. The first-order valence-corrected chi connectivity index (χ1v) is 12.3. The molecule has 3 rings (SSSR count). The van der Waals surface area contributed by atoms with E-state index >= 15 is 0 Å². The first-order valence-electron chi connectivity index (χ1n) is 12.3. The van der Waals surface area contributed by atoms with Gasteiger partial charge in [-0.2, -0.15) is 0 Å². The Morgan fingerprint density at radius 3 is 2.08 bits per heavy atom. The van der Waals surface area contributed by atoms with Crippen molar-refractivity contribution in [3.05, 3.63) is 71.8 Å². The number of nitrogens with zero attached hydrogens (tertiary/aromatic N) is 1. The summed E-state index contributed by atoms with van der Waals surface area (Å²) >= 11 is 0. The van der Waals surface area contributed by atoms with E-state index in [0.717, 1.165) is 22.4 Å². The molecule has 8 nitrogen and oxygen atoms in total. The number of carbonyl (C=O) groups is 4. The van der Waals surface area contributed by atoms with Gasteiger partial charge in [-0.3, -0.25) is 19.3 Å². The molecule has 0 spiro atoms. The Morgan fingerprint density at radius 1 is 0.944 bits per heavy atom. The van der Waals surface area contributed by atoms with Crippen LogP contribution in [-0.4, -0.2) is 53.4 Å². The highest BCUT2D eigenvalue weighted by Crippen LogP contribution is 2.29. The lowest BCUT2D eigenvalue weighted by molar-refractivity contribution is -0.147. The van der Waals surface area contributed by atoms with Crippen molar-refractivity contribution in [3.63, 3.8) is 0 Å². The molecule has 0 aliphatic carbocycles. The quantitative estimate of drug-likeness (QED) is 0.522. The number of imide groups is 1. The van der Waals surface area contributed by atoms with Crippen LogP contribution in [0.5, 0.6) is 0 Å². The van der Waals surface area contributed by atoms with Crippen LogP contribution in [0.15, 0.2) is 60.7 Å². The van der Waals surface area contributed by atoms with Crippen LogP contribution < -0.4 is 10.6 Å². The van der Waals surface area contributed by atoms with Gasteiger partial charge in [-0.15, -0.1) is 0 Å². The molecule has 2 aromatic rings. The topological polar surface area (TPSA) is 105 Å². The second-order valence-corrected chi connectivity index (χ2v) is 9.97. The monoisotopic (exact) mass is 493 g/mol. The SMILES string of the molecule is CNC(=O)[C@H](Cc1ccccc1)N1C(=O)[C@H](CCCc2ccccc2)[C@@H](NC(=O)OC(C)(C)C)C1=O. The van der Waals surface area contributed by atoms with Crippen molar-refractivity contribution < 1.29 is 23.9 Å². The summed E-state index contributed by atoms with van der Waals surface area (Å²) in [6, 6.07) is 16.9. The molecule has 1 saturated heterocycles. The zero-order valence-electron chi connectivity index (χ0n) is 21.3. The van der Waals surface area contributed by atoms with Crippen molar-refractivity contribution >= 4 is 23.8 Å². The maximum absolute atomic E-state index is 13.6. The van der Waals surface area contributed by atoms with Gasteiger partial charge in [-0.1, -0.05) is 60.7 Å². The van der Waals surface area contributed by atoms with Crippen molar-refractivity contribution in [1.82, 2.24) is 15.5 Å². The molecule has 3 atom stereocenters. The van der Waals surface area contributed by atoms with Crippen molar-refractivity contribution in [3.8, 4) is 0 Å². The summed E-state index contributed by atoms with van der Waals surface area (Å²) in [7, 11) is 1.47. The van der Waals surface area contributed by atoms with Gasteiger partial charge in [-0.25, -0.2) is 4.79 Å². The molecule has 0 bridgehead atoms. The number of likely N-dealkylation sites (tertiary alicyclic amines) is 1. The molecule has 8 heteroatoms. The number of nitrogens with one attached hydrogen (secondary N) is 2. The van der Waals surface area contributed by atoms with Gasteiger partial charge in [0, 0.05) is 13.5 Å². The minimum atomic E-state index is -1.11. The van der Waals surface area contributed by atoms with Crippen molar-refractivity contribution in [2.24, 2.45) is 5.92 Å². The number of rotatable bonds is 9. The Bertz CT molecular complexity index is 1070. The lowest BCUT2D eigenvalue weighted by atomic mass is 9.94. The Kier molecular flexibility index (Phi) is 8.85. The minimum Gasteiger partial charge on any atom is -0.444 e. The molecule has 2 N–H and O–H groups in total. The first-order chi connectivity index (χ1) is 17.1. The van der Waals surface area contributed by atoms with Crippen molar-refractivity contribution in [2.45, 2.75) is 64.1 Å². The van der Waals surface area contributed by atoms with Gasteiger partial charge in [0.05, 0.1) is 5.92 Å². The van der Waals surface area contributed by atoms with E-state index in [1.54, 1.807) is 20.8 Å². The van der Waals surface area contributed by atoms with Crippen LogP contribution in [0.4, 0.5) is 4.79 Å². The first kappa shape index (κ1) is 26.9. The Morgan fingerprint density at radius 2 is 1.53 bits per heavy atom. The third-order valence-electron chi connectivity index (χ3n) is 6.09. The minimum absolute atomic E-state index is 0.174. The van der Waals surface area contributed by atoms with Gasteiger partial charge in [-0.05, 0) is 51.2 Å². The standard InChI is InChI=1S/C28H35N3O5/c1-28(2,3)36-27(35)30-23-21(17-11-16-19-12-7-5-8-13-19)25(33)31(26(23)34)22(24(32)29-4)18-20-14-9-6-10-15-20/h5-10,12-15,21-23H,11,16-18H2,1-4H3,(H,29,32)(H,30,35)/t21-,22+,23-/m1/s1. The summed E-state index contributed by atoms with van der Waals surface area (Å²) < 4.78 is 5.35. The number of ether oxygens (including phenoxy) is 1.